The minimum Gasteiger partial charge on any atom is -0.493 e. The molecule has 25 heavy (non-hydrogen) atoms. The first-order chi connectivity index (χ1) is 12.0. The van der Waals surface area contributed by atoms with Crippen LogP contribution in [0.5, 0.6) is 11.5 Å². The van der Waals surface area contributed by atoms with Gasteiger partial charge in [-0.25, -0.2) is 0 Å². The number of ether oxygens (including phenoxy) is 2. The first-order valence-electron chi connectivity index (χ1n) is 7.69. The minimum absolute atomic E-state index is 0.395. The van der Waals surface area contributed by atoms with E-state index in [1.165, 1.54) is 0 Å². The standard InChI is InChI=1S/C18H21N3O3S/c1-23-15-8-7-12(11-16(15)24-2)9-10-20-18(25)21-14-6-4-3-5-13(14)17(19)22/h3-8,11H,9-10H2,1-2H3,(H2,19,22)(H2,20,21,25). The molecule has 2 aromatic rings. The largest absolute Gasteiger partial charge is 0.493 e. The number of para-hydroxylation sites is 1. The molecule has 0 bridgehead atoms. The highest BCUT2D eigenvalue weighted by Gasteiger charge is 2.08. The number of primary amides is 1. The number of hydrogen-bond acceptors (Lipinski definition) is 4. The third kappa shape index (κ3) is 5.09. The summed E-state index contributed by atoms with van der Waals surface area (Å²) in [6.45, 7) is 0.625. The van der Waals surface area contributed by atoms with Crippen LogP contribution in [0.2, 0.25) is 0 Å². The summed E-state index contributed by atoms with van der Waals surface area (Å²) in [5.74, 6) is 0.881. The van der Waals surface area contributed by atoms with Gasteiger partial charge in [-0.2, -0.15) is 0 Å². The van der Waals surface area contributed by atoms with Crippen LogP contribution in [0, 0.1) is 0 Å². The van der Waals surface area contributed by atoms with Gasteiger partial charge in [-0.1, -0.05) is 18.2 Å². The molecule has 0 radical (unpaired) electrons. The average Bonchev–Trinajstić information content (AvgIpc) is 2.61. The van der Waals surface area contributed by atoms with Crippen LogP contribution in [0.25, 0.3) is 0 Å². The van der Waals surface area contributed by atoms with Gasteiger partial charge >= 0.3 is 0 Å². The molecule has 0 aliphatic rings. The van der Waals surface area contributed by atoms with Crippen molar-refractivity contribution in [1.29, 1.82) is 0 Å². The molecule has 1 amide bonds. The van der Waals surface area contributed by atoms with Crippen molar-refractivity contribution in [3.63, 3.8) is 0 Å². The molecular formula is C18H21N3O3S. The Morgan fingerprint density at radius 2 is 1.84 bits per heavy atom. The SMILES string of the molecule is COc1ccc(CCNC(=S)Nc2ccccc2C(N)=O)cc1OC. The summed E-state index contributed by atoms with van der Waals surface area (Å²) >= 11 is 5.27. The summed E-state index contributed by atoms with van der Waals surface area (Å²) in [6, 6.07) is 12.7. The molecule has 2 rings (SSSR count). The van der Waals surface area contributed by atoms with Crippen LogP contribution in [-0.4, -0.2) is 31.8 Å². The number of rotatable bonds is 7. The highest BCUT2D eigenvalue weighted by molar-refractivity contribution is 7.80. The van der Waals surface area contributed by atoms with Crippen LogP contribution in [0.1, 0.15) is 15.9 Å². The first kappa shape index (κ1) is 18.5. The first-order valence-corrected chi connectivity index (χ1v) is 8.10. The van der Waals surface area contributed by atoms with E-state index in [0.717, 1.165) is 12.0 Å². The molecule has 4 N–H and O–H groups in total. The smallest absolute Gasteiger partial charge is 0.250 e. The van der Waals surface area contributed by atoms with E-state index in [-0.39, 0.29) is 0 Å². The van der Waals surface area contributed by atoms with Gasteiger partial charge in [0.15, 0.2) is 16.6 Å². The fraction of sp³-hybridized carbons (Fsp3) is 0.222. The maximum Gasteiger partial charge on any atom is 0.250 e. The lowest BCUT2D eigenvalue weighted by Crippen LogP contribution is -2.31. The Labute approximate surface area is 152 Å². The lowest BCUT2D eigenvalue weighted by Gasteiger charge is -2.13. The maximum atomic E-state index is 11.4. The number of carbonyl (C=O) groups excluding carboxylic acids is 1. The highest BCUT2D eigenvalue weighted by Crippen LogP contribution is 2.27. The second-order valence-electron chi connectivity index (χ2n) is 5.23. The summed E-state index contributed by atoms with van der Waals surface area (Å²) in [5, 5.41) is 6.53. The quantitative estimate of drug-likeness (QED) is 0.658. The minimum atomic E-state index is -0.503. The lowest BCUT2D eigenvalue weighted by atomic mass is 10.1. The predicted octanol–water partition coefficient (Wildman–Crippen LogP) is 2.33. The van der Waals surface area contributed by atoms with Gasteiger partial charge in [0.1, 0.15) is 0 Å². The zero-order valence-electron chi connectivity index (χ0n) is 14.2. The third-order valence-electron chi connectivity index (χ3n) is 3.59. The van der Waals surface area contributed by atoms with Crippen molar-refractivity contribution in [3.8, 4) is 11.5 Å². The van der Waals surface area contributed by atoms with Gasteiger partial charge in [0.2, 0.25) is 0 Å². The van der Waals surface area contributed by atoms with Crippen LogP contribution in [-0.2, 0) is 6.42 Å². The molecule has 7 heteroatoms. The van der Waals surface area contributed by atoms with Crippen molar-refractivity contribution in [3.05, 3.63) is 53.6 Å². The summed E-state index contributed by atoms with van der Waals surface area (Å²) in [7, 11) is 3.21. The fourth-order valence-corrected chi connectivity index (χ4v) is 2.54. The van der Waals surface area contributed by atoms with Crippen molar-refractivity contribution in [2.45, 2.75) is 6.42 Å². The number of thiocarbonyl (C=S) groups is 1. The van der Waals surface area contributed by atoms with E-state index >= 15 is 0 Å². The topological polar surface area (TPSA) is 85.6 Å². The van der Waals surface area contributed by atoms with E-state index in [0.29, 0.717) is 34.4 Å². The van der Waals surface area contributed by atoms with Crippen LogP contribution >= 0.6 is 12.2 Å². The number of benzene rings is 2. The number of nitrogens with one attached hydrogen (secondary N) is 2. The van der Waals surface area contributed by atoms with Gasteiger partial charge < -0.3 is 25.8 Å². The molecule has 0 aromatic heterocycles. The van der Waals surface area contributed by atoms with E-state index in [4.69, 9.17) is 27.4 Å². The van der Waals surface area contributed by atoms with E-state index in [1.807, 2.05) is 18.2 Å². The van der Waals surface area contributed by atoms with Gasteiger partial charge in [-0.15, -0.1) is 0 Å². The Balaban J connectivity index is 1.90. The normalized spacial score (nSPS) is 10.0. The lowest BCUT2D eigenvalue weighted by molar-refractivity contribution is 0.100. The van der Waals surface area contributed by atoms with Crippen LogP contribution in [0.15, 0.2) is 42.5 Å². The number of amides is 1. The molecular weight excluding hydrogens is 338 g/mol. The number of anilines is 1. The van der Waals surface area contributed by atoms with Crippen molar-refractivity contribution < 1.29 is 14.3 Å². The number of hydrogen-bond donors (Lipinski definition) is 3. The summed E-state index contributed by atoms with van der Waals surface area (Å²) < 4.78 is 10.5. The molecule has 0 atom stereocenters. The molecule has 0 heterocycles. The molecule has 0 spiro atoms. The van der Waals surface area contributed by atoms with Gasteiger partial charge in [0, 0.05) is 6.54 Å². The van der Waals surface area contributed by atoms with Crippen LogP contribution < -0.4 is 25.8 Å². The Kier molecular flexibility index (Phi) is 6.59. The maximum absolute atomic E-state index is 11.4. The summed E-state index contributed by atoms with van der Waals surface area (Å²) in [4.78, 5) is 11.4. The van der Waals surface area contributed by atoms with Crippen molar-refractivity contribution >= 4 is 28.9 Å². The van der Waals surface area contributed by atoms with Crippen molar-refractivity contribution in [1.82, 2.24) is 5.32 Å². The third-order valence-corrected chi connectivity index (χ3v) is 3.83. The molecule has 0 unspecified atom stereocenters. The second-order valence-corrected chi connectivity index (χ2v) is 5.64. The van der Waals surface area contributed by atoms with E-state index in [1.54, 1.807) is 38.5 Å². The number of nitrogens with two attached hydrogens (primary N) is 1. The molecule has 6 nitrogen and oxygen atoms in total. The molecule has 0 aliphatic heterocycles. The van der Waals surface area contributed by atoms with E-state index in [2.05, 4.69) is 10.6 Å². The van der Waals surface area contributed by atoms with Gasteiger partial charge in [-0.05, 0) is 48.5 Å². The Morgan fingerprint density at radius 1 is 1.12 bits per heavy atom. The molecule has 0 fully saturated rings. The van der Waals surface area contributed by atoms with E-state index < -0.39 is 5.91 Å². The van der Waals surface area contributed by atoms with Crippen molar-refractivity contribution in [2.24, 2.45) is 5.73 Å². The second kappa shape index (κ2) is 8.89. The van der Waals surface area contributed by atoms with Crippen LogP contribution in [0.3, 0.4) is 0 Å². The van der Waals surface area contributed by atoms with E-state index in [9.17, 15) is 4.79 Å². The summed E-state index contributed by atoms with van der Waals surface area (Å²) in [6.07, 6.45) is 0.750. The zero-order valence-corrected chi connectivity index (χ0v) is 15.0. The molecule has 132 valence electrons. The monoisotopic (exact) mass is 359 g/mol. The van der Waals surface area contributed by atoms with Crippen molar-refractivity contribution in [2.75, 3.05) is 26.1 Å². The fourth-order valence-electron chi connectivity index (χ4n) is 2.33. The zero-order chi connectivity index (χ0) is 18.2. The summed E-state index contributed by atoms with van der Waals surface area (Å²) in [5.41, 5.74) is 7.42. The average molecular weight is 359 g/mol. The highest BCUT2D eigenvalue weighted by atomic mass is 32.1. The van der Waals surface area contributed by atoms with Crippen LogP contribution in [0.4, 0.5) is 5.69 Å². The molecule has 0 saturated heterocycles. The Hall–Kier alpha value is -2.80. The van der Waals surface area contributed by atoms with Gasteiger partial charge in [0.25, 0.3) is 5.91 Å². The molecule has 0 aliphatic carbocycles. The van der Waals surface area contributed by atoms with Gasteiger partial charge in [-0.3, -0.25) is 4.79 Å². The predicted molar refractivity (Wildman–Crippen MR) is 102 cm³/mol. The molecule has 2 aromatic carbocycles. The Bertz CT molecular complexity index is 765. The number of carbonyl (C=O) groups is 1. The Morgan fingerprint density at radius 3 is 2.52 bits per heavy atom. The molecule has 0 saturated carbocycles. The number of methoxy groups -OCH3 is 2. The van der Waals surface area contributed by atoms with Gasteiger partial charge in [0.05, 0.1) is 25.5 Å².